The Labute approximate surface area is 111 Å². The number of methoxy groups -OCH3 is 2. The monoisotopic (exact) mass is 291 g/mol. The molecule has 1 aromatic carbocycles. The predicted molar refractivity (Wildman–Crippen MR) is 67.8 cm³/mol. The van der Waals surface area contributed by atoms with E-state index in [1.807, 2.05) is 0 Å². The van der Waals surface area contributed by atoms with Crippen LogP contribution in [0.2, 0.25) is 0 Å². The molecule has 0 fully saturated rings. The molecule has 1 aromatic rings. The number of nitrogens with one attached hydrogen (secondary N) is 1. The largest absolute Gasteiger partial charge is 0.493 e. The number of hydrogen-bond donors (Lipinski definition) is 3. The molecule has 0 aliphatic rings. The smallest absolute Gasteiger partial charge is 0.241 e. The summed E-state index contributed by atoms with van der Waals surface area (Å²) in [6.07, 6.45) is 0. The predicted octanol–water partition coefficient (Wildman–Crippen LogP) is -0.665. The van der Waals surface area contributed by atoms with Crippen LogP contribution in [0.25, 0.3) is 0 Å². The lowest BCUT2D eigenvalue weighted by molar-refractivity contribution is 0.185. The van der Waals surface area contributed by atoms with Gasteiger partial charge in [-0.2, -0.15) is 0 Å². The fourth-order valence-electron chi connectivity index (χ4n) is 1.40. The first-order valence-corrected chi connectivity index (χ1v) is 6.93. The van der Waals surface area contributed by atoms with E-state index in [1.54, 1.807) is 0 Å². The average molecular weight is 291 g/mol. The van der Waals surface area contributed by atoms with Gasteiger partial charge >= 0.3 is 0 Å². The van der Waals surface area contributed by atoms with Crippen molar-refractivity contribution in [2.24, 2.45) is 0 Å². The number of benzene rings is 1. The Morgan fingerprint density at radius 2 is 1.74 bits per heavy atom. The second kappa shape index (κ2) is 6.71. The Balaban J connectivity index is 3.08. The molecule has 3 N–H and O–H groups in total. The van der Waals surface area contributed by atoms with Crippen LogP contribution >= 0.6 is 0 Å². The van der Waals surface area contributed by atoms with Crippen LogP contribution in [0.4, 0.5) is 0 Å². The topological polar surface area (TPSA) is 105 Å². The maximum Gasteiger partial charge on any atom is 0.241 e. The van der Waals surface area contributed by atoms with Gasteiger partial charge in [0.25, 0.3) is 0 Å². The molecule has 0 bridgehead atoms. The fraction of sp³-hybridized carbons (Fsp3) is 0.455. The summed E-state index contributed by atoms with van der Waals surface area (Å²) in [4.78, 5) is -0.0444. The summed E-state index contributed by atoms with van der Waals surface area (Å²) < 4.78 is 36.2. The Bertz CT molecular complexity index is 512. The van der Waals surface area contributed by atoms with Crippen molar-refractivity contribution < 1.29 is 28.1 Å². The molecule has 0 amide bonds. The van der Waals surface area contributed by atoms with Gasteiger partial charge in [0.2, 0.25) is 10.0 Å². The van der Waals surface area contributed by atoms with Crippen LogP contribution in [0.5, 0.6) is 11.5 Å². The van der Waals surface area contributed by atoms with E-state index >= 15 is 0 Å². The third-order valence-corrected chi connectivity index (χ3v) is 3.95. The Kier molecular flexibility index (Phi) is 5.55. The lowest BCUT2D eigenvalue weighted by Crippen LogP contribution is -2.39. The van der Waals surface area contributed by atoms with Crippen molar-refractivity contribution in [2.45, 2.75) is 10.9 Å². The van der Waals surface area contributed by atoms with Crippen molar-refractivity contribution >= 4 is 10.0 Å². The normalized spacial score (nSPS) is 11.6. The van der Waals surface area contributed by atoms with Crippen LogP contribution in [0.1, 0.15) is 0 Å². The molecule has 0 aromatic heterocycles. The molecule has 0 aliphatic heterocycles. The number of rotatable bonds is 7. The van der Waals surface area contributed by atoms with Crippen LogP contribution in [-0.4, -0.2) is 52.1 Å². The number of ether oxygens (including phenoxy) is 2. The van der Waals surface area contributed by atoms with E-state index in [2.05, 4.69) is 4.72 Å². The van der Waals surface area contributed by atoms with Crippen molar-refractivity contribution in [1.82, 2.24) is 4.72 Å². The number of hydrogen-bond acceptors (Lipinski definition) is 6. The molecule has 8 heteroatoms. The Morgan fingerprint density at radius 3 is 2.21 bits per heavy atom. The number of aliphatic hydroxyl groups is 2. The van der Waals surface area contributed by atoms with E-state index in [-0.39, 0.29) is 10.6 Å². The standard InChI is InChI=1S/C11H17NO6S/c1-17-10-4-3-9(5-11(10)18-2)19(15,16)12-8(6-13)7-14/h3-5,8,12-14H,6-7H2,1-2H3. The van der Waals surface area contributed by atoms with E-state index in [0.717, 1.165) is 0 Å². The van der Waals surface area contributed by atoms with Crippen LogP contribution in [0.3, 0.4) is 0 Å². The lowest BCUT2D eigenvalue weighted by atomic mass is 10.3. The molecule has 0 heterocycles. The van der Waals surface area contributed by atoms with Gasteiger partial charge in [0.05, 0.1) is 38.4 Å². The zero-order valence-electron chi connectivity index (χ0n) is 10.7. The molecule has 7 nitrogen and oxygen atoms in total. The molecule has 0 unspecified atom stereocenters. The molecule has 0 aliphatic carbocycles. The summed E-state index contributed by atoms with van der Waals surface area (Å²) in [5, 5.41) is 17.8. The lowest BCUT2D eigenvalue weighted by Gasteiger charge is -2.15. The maximum absolute atomic E-state index is 12.0. The first-order valence-electron chi connectivity index (χ1n) is 5.44. The number of aliphatic hydroxyl groups excluding tert-OH is 2. The van der Waals surface area contributed by atoms with Crippen LogP contribution in [0, 0.1) is 0 Å². The average Bonchev–Trinajstić information content (AvgIpc) is 2.43. The molecule has 0 saturated heterocycles. The summed E-state index contributed by atoms with van der Waals surface area (Å²) >= 11 is 0. The van der Waals surface area contributed by atoms with Crippen molar-refractivity contribution in [3.8, 4) is 11.5 Å². The van der Waals surface area contributed by atoms with Crippen molar-refractivity contribution in [2.75, 3.05) is 27.4 Å². The van der Waals surface area contributed by atoms with Crippen molar-refractivity contribution in [3.63, 3.8) is 0 Å². The van der Waals surface area contributed by atoms with Gasteiger partial charge in [-0.25, -0.2) is 13.1 Å². The highest BCUT2D eigenvalue weighted by Gasteiger charge is 2.20. The van der Waals surface area contributed by atoms with Gasteiger partial charge in [-0.15, -0.1) is 0 Å². The molecule has 19 heavy (non-hydrogen) atoms. The van der Waals surface area contributed by atoms with Crippen molar-refractivity contribution in [3.05, 3.63) is 18.2 Å². The summed E-state index contributed by atoms with van der Waals surface area (Å²) in [7, 11) is -1.01. The van der Waals surface area contributed by atoms with Gasteiger partial charge in [-0.05, 0) is 12.1 Å². The third-order valence-electron chi connectivity index (χ3n) is 2.43. The quantitative estimate of drug-likeness (QED) is 0.615. The molecular weight excluding hydrogens is 274 g/mol. The minimum atomic E-state index is -3.85. The van der Waals surface area contributed by atoms with Gasteiger partial charge in [0, 0.05) is 6.07 Å². The molecular formula is C11H17NO6S. The molecule has 1 rings (SSSR count). The highest BCUT2D eigenvalue weighted by Crippen LogP contribution is 2.29. The fourth-order valence-corrected chi connectivity index (χ4v) is 2.64. The SMILES string of the molecule is COc1ccc(S(=O)(=O)NC(CO)CO)cc1OC. The molecule has 0 spiro atoms. The van der Waals surface area contributed by atoms with E-state index < -0.39 is 29.3 Å². The summed E-state index contributed by atoms with van der Waals surface area (Å²) in [5.41, 5.74) is 0. The minimum absolute atomic E-state index is 0.0444. The zero-order chi connectivity index (χ0) is 14.5. The second-order valence-corrected chi connectivity index (χ2v) is 5.41. The second-order valence-electron chi connectivity index (χ2n) is 3.70. The summed E-state index contributed by atoms with van der Waals surface area (Å²) in [5.74, 6) is 0.678. The van der Waals surface area contributed by atoms with Crippen LogP contribution < -0.4 is 14.2 Å². The first kappa shape index (κ1) is 15.7. The van der Waals surface area contributed by atoms with Crippen LogP contribution in [0.15, 0.2) is 23.1 Å². The maximum atomic E-state index is 12.0. The highest BCUT2D eigenvalue weighted by atomic mass is 32.2. The van der Waals surface area contributed by atoms with Crippen LogP contribution in [-0.2, 0) is 10.0 Å². The molecule has 108 valence electrons. The van der Waals surface area contributed by atoms with E-state index in [0.29, 0.717) is 5.75 Å². The zero-order valence-corrected chi connectivity index (χ0v) is 11.5. The van der Waals surface area contributed by atoms with E-state index in [4.69, 9.17) is 19.7 Å². The third kappa shape index (κ3) is 3.80. The Hall–Kier alpha value is -1.35. The van der Waals surface area contributed by atoms with E-state index in [1.165, 1.54) is 32.4 Å². The van der Waals surface area contributed by atoms with Gasteiger partial charge in [0.1, 0.15) is 0 Å². The molecule has 0 atom stereocenters. The number of sulfonamides is 1. The van der Waals surface area contributed by atoms with Gasteiger partial charge in [0.15, 0.2) is 11.5 Å². The summed E-state index contributed by atoms with van der Waals surface area (Å²) in [6.45, 7) is -0.994. The molecule has 0 saturated carbocycles. The van der Waals surface area contributed by atoms with Gasteiger partial charge in [-0.3, -0.25) is 0 Å². The van der Waals surface area contributed by atoms with Gasteiger partial charge in [-0.1, -0.05) is 0 Å². The minimum Gasteiger partial charge on any atom is -0.493 e. The Morgan fingerprint density at radius 1 is 1.16 bits per heavy atom. The van der Waals surface area contributed by atoms with Crippen molar-refractivity contribution in [1.29, 1.82) is 0 Å². The molecule has 0 radical (unpaired) electrons. The first-order chi connectivity index (χ1) is 8.98. The highest BCUT2D eigenvalue weighted by molar-refractivity contribution is 7.89. The van der Waals surface area contributed by atoms with E-state index in [9.17, 15) is 8.42 Å². The van der Waals surface area contributed by atoms with Gasteiger partial charge < -0.3 is 19.7 Å². The summed E-state index contributed by atoms with van der Waals surface area (Å²) in [6, 6.07) is 3.15.